The Morgan fingerprint density at radius 3 is 2.30 bits per heavy atom. The molecule has 1 N–H and O–H groups in total. The fourth-order valence-electron chi connectivity index (χ4n) is 8.37. The fraction of sp³-hybridized carbons (Fsp3) is 0.500. The van der Waals surface area contributed by atoms with Crippen molar-refractivity contribution >= 4 is 23.4 Å². The highest BCUT2D eigenvalue weighted by Crippen LogP contribution is 2.64. The number of carbonyl (C=O) groups excluding carboxylic acids is 3. The largest absolute Gasteiger partial charge is 0.396 e. The van der Waals surface area contributed by atoms with Gasteiger partial charge in [-0.2, -0.15) is 0 Å². The van der Waals surface area contributed by atoms with Crippen molar-refractivity contribution in [3.8, 4) is 0 Å². The van der Waals surface area contributed by atoms with Gasteiger partial charge >= 0.3 is 0 Å². The van der Waals surface area contributed by atoms with Crippen molar-refractivity contribution in [2.45, 2.75) is 83.1 Å². The molecule has 0 saturated carbocycles. The highest BCUT2D eigenvalue weighted by atomic mass is 16.5. The van der Waals surface area contributed by atoms with Crippen LogP contribution in [-0.4, -0.2) is 76.1 Å². The van der Waals surface area contributed by atoms with Crippen LogP contribution >= 0.6 is 0 Å². The number of hydrogen-bond donors (Lipinski definition) is 1. The summed E-state index contributed by atoms with van der Waals surface area (Å²) in [5.74, 6) is -2.01. The zero-order valence-electron chi connectivity index (χ0n) is 27.6. The quantitative estimate of drug-likeness (QED) is 0.212. The van der Waals surface area contributed by atoms with Gasteiger partial charge in [0, 0.05) is 38.5 Å². The number of amides is 3. The maximum atomic E-state index is 15.0. The van der Waals surface area contributed by atoms with Gasteiger partial charge in [0.2, 0.25) is 11.8 Å². The van der Waals surface area contributed by atoms with Crippen molar-refractivity contribution in [3.05, 3.63) is 90.5 Å². The molecule has 5 atom stereocenters. The number of carbonyl (C=O) groups is 3. The van der Waals surface area contributed by atoms with Crippen LogP contribution in [0.15, 0.2) is 73.8 Å². The number of likely N-dealkylation sites (tertiary alicyclic amines) is 1. The number of para-hydroxylation sites is 1. The van der Waals surface area contributed by atoms with E-state index >= 15 is 4.79 Å². The van der Waals surface area contributed by atoms with Crippen molar-refractivity contribution in [2.24, 2.45) is 11.8 Å². The second-order valence-electron chi connectivity index (χ2n) is 13.1. The van der Waals surface area contributed by atoms with Crippen LogP contribution in [0.25, 0.3) is 0 Å². The SMILES string of the molecule is C=CCN(Cc1ccccc1)C(=O)[C@@H]1[C@H]2C(=O)N(CCCCCO)C(C(=O)N(CC=C)c3c(C)cccc3C)C23CC[C@@]1(CC)O3. The Kier molecular flexibility index (Phi) is 10.2. The van der Waals surface area contributed by atoms with Gasteiger partial charge in [-0.1, -0.05) is 67.6 Å². The van der Waals surface area contributed by atoms with E-state index in [4.69, 9.17) is 4.74 Å². The molecule has 3 aliphatic heterocycles. The third kappa shape index (κ3) is 5.71. The molecule has 8 nitrogen and oxygen atoms in total. The Hall–Kier alpha value is -3.75. The summed E-state index contributed by atoms with van der Waals surface area (Å²) in [5.41, 5.74) is 1.76. The summed E-state index contributed by atoms with van der Waals surface area (Å²) in [6, 6.07) is 14.9. The zero-order chi connectivity index (χ0) is 33.1. The lowest BCUT2D eigenvalue weighted by Crippen LogP contribution is -2.57. The summed E-state index contributed by atoms with van der Waals surface area (Å²) < 4.78 is 7.07. The number of rotatable bonds is 15. The summed E-state index contributed by atoms with van der Waals surface area (Å²) in [6.45, 7) is 15.3. The summed E-state index contributed by atoms with van der Waals surface area (Å²) in [7, 11) is 0. The Balaban J connectivity index is 1.59. The first kappa shape index (κ1) is 33.6. The maximum Gasteiger partial charge on any atom is 0.253 e. The molecule has 3 amide bonds. The average molecular weight is 628 g/mol. The molecule has 3 aliphatic rings. The zero-order valence-corrected chi connectivity index (χ0v) is 27.6. The molecular formula is C38H49N3O5. The van der Waals surface area contributed by atoms with Crippen molar-refractivity contribution in [2.75, 3.05) is 31.1 Å². The normalized spacial score (nSPS) is 26.2. The molecule has 8 heteroatoms. The Bertz CT molecular complexity index is 1440. The predicted molar refractivity (Wildman–Crippen MR) is 180 cm³/mol. The molecule has 0 aliphatic carbocycles. The molecule has 2 aromatic carbocycles. The van der Waals surface area contributed by atoms with Gasteiger partial charge in [-0.3, -0.25) is 14.4 Å². The van der Waals surface area contributed by atoms with E-state index in [2.05, 4.69) is 13.2 Å². The van der Waals surface area contributed by atoms with E-state index in [1.807, 2.05) is 69.3 Å². The monoisotopic (exact) mass is 627 g/mol. The summed E-state index contributed by atoms with van der Waals surface area (Å²) in [6.07, 6.45) is 7.10. The number of aliphatic hydroxyl groups excluding tert-OH is 1. The van der Waals surface area contributed by atoms with Crippen molar-refractivity contribution < 1.29 is 24.2 Å². The number of aryl methyl sites for hydroxylation is 2. The molecule has 3 fully saturated rings. The minimum absolute atomic E-state index is 0.0712. The number of fused-ring (bicyclic) bond motifs is 1. The summed E-state index contributed by atoms with van der Waals surface area (Å²) in [5, 5.41) is 9.41. The number of aliphatic hydroxyl groups is 1. The van der Waals surface area contributed by atoms with E-state index in [1.165, 1.54) is 0 Å². The third-order valence-electron chi connectivity index (χ3n) is 10.4. The van der Waals surface area contributed by atoms with Gasteiger partial charge in [-0.25, -0.2) is 0 Å². The fourth-order valence-corrected chi connectivity index (χ4v) is 8.37. The van der Waals surface area contributed by atoms with Crippen LogP contribution < -0.4 is 4.90 Å². The van der Waals surface area contributed by atoms with Crippen molar-refractivity contribution in [1.82, 2.24) is 9.80 Å². The van der Waals surface area contributed by atoms with E-state index in [0.717, 1.165) is 28.8 Å². The molecule has 246 valence electrons. The number of benzene rings is 2. The van der Waals surface area contributed by atoms with Gasteiger partial charge < -0.3 is 24.5 Å². The highest BCUT2D eigenvalue weighted by Gasteiger charge is 2.79. The predicted octanol–water partition coefficient (Wildman–Crippen LogP) is 5.35. The van der Waals surface area contributed by atoms with E-state index < -0.39 is 29.1 Å². The van der Waals surface area contributed by atoms with Crippen LogP contribution in [0.3, 0.4) is 0 Å². The number of nitrogens with zero attached hydrogens (tertiary/aromatic N) is 3. The Labute approximate surface area is 273 Å². The van der Waals surface area contributed by atoms with Crippen LogP contribution in [0.1, 0.15) is 62.1 Å². The minimum atomic E-state index is -1.12. The second kappa shape index (κ2) is 13.9. The Morgan fingerprint density at radius 1 is 0.978 bits per heavy atom. The summed E-state index contributed by atoms with van der Waals surface area (Å²) in [4.78, 5) is 49.7. The van der Waals surface area contributed by atoms with E-state index in [1.54, 1.807) is 26.9 Å². The molecule has 2 bridgehead atoms. The van der Waals surface area contributed by atoms with Gasteiger partial charge in [0.25, 0.3) is 5.91 Å². The van der Waals surface area contributed by atoms with Crippen LogP contribution in [0.2, 0.25) is 0 Å². The first-order valence-electron chi connectivity index (χ1n) is 16.7. The second-order valence-corrected chi connectivity index (χ2v) is 13.1. The smallest absolute Gasteiger partial charge is 0.253 e. The minimum Gasteiger partial charge on any atom is -0.396 e. The van der Waals surface area contributed by atoms with Crippen LogP contribution in [0.5, 0.6) is 0 Å². The lowest BCUT2D eigenvalue weighted by molar-refractivity contribution is -0.151. The van der Waals surface area contributed by atoms with Gasteiger partial charge in [-0.15, -0.1) is 13.2 Å². The molecule has 0 aromatic heterocycles. The number of hydrogen-bond acceptors (Lipinski definition) is 5. The van der Waals surface area contributed by atoms with Crippen molar-refractivity contribution in [1.29, 1.82) is 0 Å². The molecule has 1 spiro atoms. The molecule has 46 heavy (non-hydrogen) atoms. The van der Waals surface area contributed by atoms with E-state index in [-0.39, 0.29) is 30.9 Å². The topological polar surface area (TPSA) is 90.4 Å². The van der Waals surface area contributed by atoms with Gasteiger partial charge in [-0.05, 0) is 69.1 Å². The Morgan fingerprint density at radius 2 is 1.67 bits per heavy atom. The molecule has 3 heterocycles. The first-order valence-corrected chi connectivity index (χ1v) is 16.7. The standard InChI is InChI=1S/C38H49N3O5/c1-6-22-39(26-29-18-11-9-12-19-29)34(43)30-31-35(44)41(24-13-10-14-25-42)33(38(31)21-20-37(30,8-3)46-38)36(45)40(23-7-2)32-27(4)16-15-17-28(32)5/h6-7,9,11-12,15-19,30-31,33,42H,1-2,8,10,13-14,20-26H2,3-5H3/t30-,31-,33?,37+,38?/m0/s1. The molecule has 2 aromatic rings. The van der Waals surface area contributed by atoms with Gasteiger partial charge in [0.15, 0.2) is 0 Å². The first-order chi connectivity index (χ1) is 22.2. The molecule has 0 radical (unpaired) electrons. The van der Waals surface area contributed by atoms with Gasteiger partial charge in [0.05, 0.1) is 17.4 Å². The molecule has 3 saturated heterocycles. The molecule has 2 unspecified atom stereocenters. The summed E-state index contributed by atoms with van der Waals surface area (Å²) >= 11 is 0. The van der Waals surface area contributed by atoms with E-state index in [0.29, 0.717) is 51.7 Å². The number of anilines is 1. The average Bonchev–Trinajstić information content (AvgIpc) is 3.65. The molecular weight excluding hydrogens is 578 g/mol. The lowest BCUT2D eigenvalue weighted by atomic mass is 9.64. The van der Waals surface area contributed by atoms with Crippen LogP contribution in [-0.2, 0) is 25.7 Å². The highest BCUT2D eigenvalue weighted by molar-refractivity contribution is 6.05. The number of ether oxygens (including phenoxy) is 1. The maximum absolute atomic E-state index is 15.0. The van der Waals surface area contributed by atoms with Gasteiger partial charge in [0.1, 0.15) is 11.6 Å². The van der Waals surface area contributed by atoms with Crippen LogP contribution in [0, 0.1) is 25.7 Å². The lowest BCUT2D eigenvalue weighted by Gasteiger charge is -2.37. The third-order valence-corrected chi connectivity index (χ3v) is 10.4. The molecule has 5 rings (SSSR count). The van der Waals surface area contributed by atoms with Crippen LogP contribution in [0.4, 0.5) is 5.69 Å². The van der Waals surface area contributed by atoms with E-state index in [9.17, 15) is 14.7 Å². The van der Waals surface area contributed by atoms with Crippen molar-refractivity contribution in [3.63, 3.8) is 0 Å². The number of unbranched alkanes of at least 4 members (excludes halogenated alkanes) is 2.